The molecule has 4 aromatic rings. The van der Waals surface area contributed by atoms with Gasteiger partial charge in [-0.1, -0.05) is 0 Å². The fraction of sp³-hybridized carbons (Fsp3) is 0.217. The van der Waals surface area contributed by atoms with E-state index in [1.54, 1.807) is 30.7 Å². The third kappa shape index (κ3) is 3.58. The first-order valence-corrected chi connectivity index (χ1v) is 10.7. The van der Waals surface area contributed by atoms with Gasteiger partial charge in [0.25, 0.3) is 0 Å². The number of ether oxygens (including phenoxy) is 1. The first-order valence-electron chi connectivity index (χ1n) is 9.90. The number of carboxylic acid groups (broad SMARTS) is 1. The molecular weight excluding hydrogens is 417 g/mol. The van der Waals surface area contributed by atoms with Crippen LogP contribution in [0.15, 0.2) is 48.7 Å². The third-order valence-electron chi connectivity index (χ3n) is 5.67. The van der Waals surface area contributed by atoms with E-state index in [4.69, 9.17) is 9.72 Å². The smallest absolute Gasteiger partial charge is 0.325 e. The highest BCUT2D eigenvalue weighted by Crippen LogP contribution is 2.37. The number of hydrogen-bond donors (Lipinski definition) is 2. The maximum Gasteiger partial charge on any atom is 0.325 e. The van der Waals surface area contributed by atoms with E-state index in [0.29, 0.717) is 30.6 Å². The first-order chi connectivity index (χ1) is 15.0. The minimum Gasteiger partial charge on any atom is -0.497 e. The van der Waals surface area contributed by atoms with Crippen molar-refractivity contribution in [2.45, 2.75) is 19.0 Å². The van der Waals surface area contributed by atoms with E-state index in [-0.39, 0.29) is 5.82 Å². The van der Waals surface area contributed by atoms with Gasteiger partial charge in [-0.25, -0.2) is 9.37 Å². The van der Waals surface area contributed by atoms with Crippen molar-refractivity contribution in [2.75, 3.05) is 13.7 Å². The molecule has 0 radical (unpaired) electrons. The maximum absolute atomic E-state index is 13.6. The summed E-state index contributed by atoms with van der Waals surface area (Å²) in [6, 6.07) is 11.3. The van der Waals surface area contributed by atoms with Crippen molar-refractivity contribution in [3.8, 4) is 16.3 Å². The molecule has 0 bridgehead atoms. The van der Waals surface area contributed by atoms with Crippen LogP contribution in [0.25, 0.3) is 21.5 Å². The maximum atomic E-state index is 13.6. The van der Waals surface area contributed by atoms with Crippen molar-refractivity contribution in [1.29, 1.82) is 0 Å². The summed E-state index contributed by atoms with van der Waals surface area (Å²) >= 11 is 1.59. The molecule has 0 saturated heterocycles. The second kappa shape index (κ2) is 7.79. The van der Waals surface area contributed by atoms with E-state index in [9.17, 15) is 14.3 Å². The monoisotopic (exact) mass is 437 g/mol. The fourth-order valence-corrected chi connectivity index (χ4v) is 5.26. The SMILES string of the molecule is COc1ccc(-c2nc3c(s2)CN([C@H](C(=O)O)c2c[nH]c4cc(F)ccc24)CC3)cc1. The largest absolute Gasteiger partial charge is 0.497 e. The number of fused-ring (bicyclic) bond motifs is 2. The van der Waals surface area contributed by atoms with Gasteiger partial charge < -0.3 is 14.8 Å². The van der Waals surface area contributed by atoms with Crippen molar-refractivity contribution >= 4 is 28.2 Å². The van der Waals surface area contributed by atoms with E-state index >= 15 is 0 Å². The van der Waals surface area contributed by atoms with Crippen LogP contribution in [-0.2, 0) is 17.8 Å². The van der Waals surface area contributed by atoms with Gasteiger partial charge in [0.1, 0.15) is 22.6 Å². The average molecular weight is 437 g/mol. The van der Waals surface area contributed by atoms with Crippen LogP contribution in [0.3, 0.4) is 0 Å². The minimum absolute atomic E-state index is 0.355. The molecule has 3 heterocycles. The lowest BCUT2D eigenvalue weighted by atomic mass is 10.0. The molecule has 0 unspecified atom stereocenters. The Balaban J connectivity index is 1.45. The van der Waals surface area contributed by atoms with Crippen LogP contribution in [-0.4, -0.2) is 39.6 Å². The summed E-state index contributed by atoms with van der Waals surface area (Å²) in [7, 11) is 1.63. The number of H-pyrrole nitrogens is 1. The standard InChI is InChI=1S/C23H20FN3O3S/c1-30-15-5-2-13(3-6-15)22-26-18-8-9-27(12-20(18)31-22)21(23(28)29)17-11-25-19-10-14(24)4-7-16(17)19/h2-7,10-11,21,25H,8-9,12H2,1H3,(H,28,29)/t21-/m0/s1. The number of methoxy groups -OCH3 is 1. The van der Waals surface area contributed by atoms with Crippen molar-refractivity contribution < 1.29 is 19.0 Å². The zero-order valence-electron chi connectivity index (χ0n) is 16.8. The Kier molecular flexibility index (Phi) is 4.95. The summed E-state index contributed by atoms with van der Waals surface area (Å²) in [5.74, 6) is -0.487. The highest BCUT2D eigenvalue weighted by molar-refractivity contribution is 7.15. The molecule has 8 heteroatoms. The summed E-state index contributed by atoms with van der Waals surface area (Å²) < 4.78 is 18.8. The predicted molar refractivity (Wildman–Crippen MR) is 117 cm³/mol. The molecule has 2 aromatic carbocycles. The molecule has 158 valence electrons. The van der Waals surface area contributed by atoms with Crippen molar-refractivity contribution in [1.82, 2.24) is 14.9 Å². The van der Waals surface area contributed by atoms with Gasteiger partial charge in [-0.15, -0.1) is 11.3 Å². The van der Waals surface area contributed by atoms with Crippen LogP contribution in [0.1, 0.15) is 22.2 Å². The number of carbonyl (C=O) groups is 1. The zero-order valence-corrected chi connectivity index (χ0v) is 17.6. The molecule has 2 aromatic heterocycles. The van der Waals surface area contributed by atoms with E-state index < -0.39 is 12.0 Å². The van der Waals surface area contributed by atoms with E-state index in [2.05, 4.69) is 4.98 Å². The number of nitrogens with one attached hydrogen (secondary N) is 1. The topological polar surface area (TPSA) is 78.4 Å². The lowest BCUT2D eigenvalue weighted by Gasteiger charge is -2.31. The summed E-state index contributed by atoms with van der Waals surface area (Å²) in [6.45, 7) is 1.09. The molecule has 5 rings (SSSR count). The number of hydrogen-bond acceptors (Lipinski definition) is 5. The Bertz CT molecular complexity index is 1270. The van der Waals surface area contributed by atoms with Crippen LogP contribution >= 0.6 is 11.3 Å². The Hall–Kier alpha value is -3.23. The van der Waals surface area contributed by atoms with Gasteiger partial charge in [0.05, 0.1) is 12.8 Å². The van der Waals surface area contributed by atoms with Crippen LogP contribution in [0.2, 0.25) is 0 Å². The van der Waals surface area contributed by atoms with E-state index in [1.807, 2.05) is 29.2 Å². The number of benzene rings is 2. The van der Waals surface area contributed by atoms with Gasteiger partial charge in [0.2, 0.25) is 0 Å². The molecule has 0 aliphatic carbocycles. The number of carboxylic acids is 1. The molecule has 0 fully saturated rings. The number of rotatable bonds is 5. The second-order valence-corrected chi connectivity index (χ2v) is 8.60. The molecule has 1 aliphatic rings. The van der Waals surface area contributed by atoms with Crippen LogP contribution in [0, 0.1) is 5.82 Å². The van der Waals surface area contributed by atoms with Gasteiger partial charge >= 0.3 is 5.97 Å². The number of aliphatic carboxylic acids is 1. The normalized spacial score (nSPS) is 15.0. The fourth-order valence-electron chi connectivity index (χ4n) is 4.13. The summed E-state index contributed by atoms with van der Waals surface area (Å²) in [4.78, 5) is 23.1. The molecule has 0 saturated carbocycles. The first kappa shape index (κ1) is 19.7. The summed E-state index contributed by atoms with van der Waals surface area (Å²) in [5.41, 5.74) is 3.28. The average Bonchev–Trinajstić information content (AvgIpc) is 3.37. The lowest BCUT2D eigenvalue weighted by molar-refractivity contribution is -0.144. The Morgan fingerprint density at radius 3 is 2.84 bits per heavy atom. The molecular formula is C23H20FN3O3S. The quantitative estimate of drug-likeness (QED) is 0.476. The van der Waals surface area contributed by atoms with Gasteiger partial charge in [0.15, 0.2) is 0 Å². The van der Waals surface area contributed by atoms with Crippen molar-refractivity contribution in [3.63, 3.8) is 0 Å². The number of aromatic nitrogens is 2. The van der Waals surface area contributed by atoms with Crippen LogP contribution in [0.5, 0.6) is 5.75 Å². The second-order valence-electron chi connectivity index (χ2n) is 7.51. The van der Waals surface area contributed by atoms with Crippen molar-refractivity contribution in [3.05, 3.63) is 70.6 Å². The molecule has 0 amide bonds. The lowest BCUT2D eigenvalue weighted by Crippen LogP contribution is -2.37. The number of halogens is 1. The third-order valence-corrected chi connectivity index (χ3v) is 6.80. The Morgan fingerprint density at radius 2 is 2.10 bits per heavy atom. The molecule has 1 aliphatic heterocycles. The predicted octanol–water partition coefficient (Wildman–Crippen LogP) is 4.62. The van der Waals surface area contributed by atoms with E-state index in [1.165, 1.54) is 12.1 Å². The van der Waals surface area contributed by atoms with Gasteiger partial charge in [-0.05, 0) is 42.5 Å². The molecule has 0 spiro atoms. The van der Waals surface area contributed by atoms with Crippen LogP contribution in [0.4, 0.5) is 4.39 Å². The number of nitrogens with zero attached hydrogens (tertiary/aromatic N) is 2. The minimum atomic E-state index is -0.923. The highest BCUT2D eigenvalue weighted by Gasteiger charge is 2.33. The molecule has 2 N–H and O–H groups in total. The van der Waals surface area contributed by atoms with Gasteiger partial charge in [0, 0.05) is 52.6 Å². The number of aromatic amines is 1. The van der Waals surface area contributed by atoms with Crippen molar-refractivity contribution in [2.24, 2.45) is 0 Å². The molecule has 6 nitrogen and oxygen atoms in total. The Labute approximate surface area is 181 Å². The molecule has 1 atom stereocenters. The van der Waals surface area contributed by atoms with Gasteiger partial charge in [-0.3, -0.25) is 9.69 Å². The summed E-state index contributed by atoms with van der Waals surface area (Å²) in [6.07, 6.45) is 2.36. The van der Waals surface area contributed by atoms with Gasteiger partial charge in [-0.2, -0.15) is 0 Å². The van der Waals surface area contributed by atoms with E-state index in [0.717, 1.165) is 32.3 Å². The summed E-state index contributed by atoms with van der Waals surface area (Å²) in [5, 5.41) is 11.7. The number of thiazole rings is 1. The van der Waals surface area contributed by atoms with Crippen LogP contribution < -0.4 is 4.74 Å². The molecule has 31 heavy (non-hydrogen) atoms. The highest BCUT2D eigenvalue weighted by atomic mass is 32.1. The zero-order chi connectivity index (χ0) is 21.5. The Morgan fingerprint density at radius 1 is 1.29 bits per heavy atom.